The fourth-order valence-electron chi connectivity index (χ4n) is 1.96. The Morgan fingerprint density at radius 1 is 1.35 bits per heavy atom. The van der Waals surface area contributed by atoms with Crippen LogP contribution in [0.4, 0.5) is 10.1 Å². The molecule has 0 fully saturated rings. The maximum atomic E-state index is 13.2. The van der Waals surface area contributed by atoms with Crippen LogP contribution in [0, 0.1) is 5.82 Å². The van der Waals surface area contributed by atoms with Crippen molar-refractivity contribution >= 4 is 17.5 Å². The SMILES string of the molecule is CC(C)(C[N+](C)(C)c1cccc(F)c1)NCl.[Cl-]. The molecular weight excluding hydrogens is 262 g/mol. The van der Waals surface area contributed by atoms with Crippen LogP contribution in [0.5, 0.6) is 0 Å². The van der Waals surface area contributed by atoms with Crippen molar-refractivity contribution in [1.29, 1.82) is 0 Å². The molecule has 0 aromatic heterocycles. The smallest absolute Gasteiger partial charge is 0.135 e. The van der Waals surface area contributed by atoms with Crippen molar-refractivity contribution < 1.29 is 16.8 Å². The molecule has 0 saturated heterocycles. The van der Waals surface area contributed by atoms with Gasteiger partial charge >= 0.3 is 0 Å². The summed E-state index contributed by atoms with van der Waals surface area (Å²) in [6, 6.07) is 6.66. The van der Waals surface area contributed by atoms with Gasteiger partial charge in [-0.25, -0.2) is 9.23 Å². The molecule has 5 heteroatoms. The zero-order chi connectivity index (χ0) is 12.4. The third kappa shape index (κ3) is 4.80. The van der Waals surface area contributed by atoms with E-state index in [0.717, 1.165) is 12.2 Å². The highest BCUT2D eigenvalue weighted by molar-refractivity contribution is 6.13. The molecule has 0 aliphatic carbocycles. The lowest BCUT2D eigenvalue weighted by atomic mass is 10.1. The second-order valence-electron chi connectivity index (χ2n) is 5.30. The van der Waals surface area contributed by atoms with Gasteiger partial charge in [0, 0.05) is 6.07 Å². The van der Waals surface area contributed by atoms with Gasteiger partial charge in [0.1, 0.15) is 18.0 Å². The maximum absolute atomic E-state index is 13.2. The topological polar surface area (TPSA) is 12.0 Å². The van der Waals surface area contributed by atoms with Crippen LogP contribution in [-0.2, 0) is 0 Å². The van der Waals surface area contributed by atoms with Gasteiger partial charge in [-0.2, -0.15) is 0 Å². The van der Waals surface area contributed by atoms with Crippen LogP contribution in [0.1, 0.15) is 13.8 Å². The summed E-state index contributed by atoms with van der Waals surface area (Å²) < 4.78 is 13.7. The Morgan fingerprint density at radius 3 is 2.41 bits per heavy atom. The van der Waals surface area contributed by atoms with Gasteiger partial charge in [-0.15, -0.1) is 0 Å². The fraction of sp³-hybridized carbons (Fsp3) is 0.500. The minimum absolute atomic E-state index is 0. The molecule has 0 saturated carbocycles. The molecule has 0 amide bonds. The Bertz CT molecular complexity index is 367. The number of nitrogens with zero attached hydrogens (tertiary/aromatic N) is 1. The van der Waals surface area contributed by atoms with Crippen LogP contribution in [0.3, 0.4) is 0 Å². The van der Waals surface area contributed by atoms with Gasteiger partial charge in [0.25, 0.3) is 0 Å². The van der Waals surface area contributed by atoms with Gasteiger partial charge < -0.3 is 12.4 Å². The van der Waals surface area contributed by atoms with Gasteiger partial charge in [-0.3, -0.25) is 4.48 Å². The van der Waals surface area contributed by atoms with E-state index in [2.05, 4.69) is 4.84 Å². The summed E-state index contributed by atoms with van der Waals surface area (Å²) in [5.41, 5.74) is 0.720. The first-order chi connectivity index (χ1) is 7.27. The molecule has 1 aromatic carbocycles. The lowest BCUT2D eigenvalue weighted by Gasteiger charge is -2.36. The number of halogens is 3. The second-order valence-corrected chi connectivity index (χ2v) is 5.49. The Labute approximate surface area is 114 Å². The average molecular weight is 281 g/mol. The molecule has 1 N–H and O–H groups in total. The average Bonchev–Trinajstić information content (AvgIpc) is 2.16. The molecule has 17 heavy (non-hydrogen) atoms. The number of hydrogen-bond acceptors (Lipinski definition) is 1. The second kappa shape index (κ2) is 6.01. The summed E-state index contributed by atoms with van der Waals surface area (Å²) in [6.45, 7) is 4.79. The fourth-order valence-corrected chi connectivity index (χ4v) is 2.02. The molecule has 0 aliphatic rings. The molecule has 0 radical (unpaired) electrons. The van der Waals surface area contributed by atoms with Crippen molar-refractivity contribution in [2.45, 2.75) is 19.4 Å². The Balaban J connectivity index is 0.00000256. The summed E-state index contributed by atoms with van der Waals surface area (Å²) in [7, 11) is 4.06. The molecule has 0 unspecified atom stereocenters. The predicted octanol–water partition coefficient (Wildman–Crippen LogP) is -0.0814. The Hall–Kier alpha value is -0.350. The minimum Gasteiger partial charge on any atom is -1.00 e. The van der Waals surface area contributed by atoms with Crippen molar-refractivity contribution in [3.63, 3.8) is 0 Å². The van der Waals surface area contributed by atoms with Crippen LogP contribution < -0.4 is 21.7 Å². The van der Waals surface area contributed by atoms with Crippen molar-refractivity contribution in [1.82, 2.24) is 9.32 Å². The normalized spacial score (nSPS) is 12.1. The number of hydrogen-bond donors (Lipinski definition) is 1. The quantitative estimate of drug-likeness (QED) is 0.601. The summed E-state index contributed by atoms with van der Waals surface area (Å²) in [5, 5.41) is 0. The van der Waals surface area contributed by atoms with E-state index < -0.39 is 0 Å². The Kier molecular flexibility index (Phi) is 5.88. The standard InChI is InChI=1S/C12H19ClFN2.ClH/c1-12(2,15-13)9-16(3,4)11-7-5-6-10(14)8-11;/h5-8,15H,9H2,1-4H3;1H/q+1;/p-1. The first kappa shape index (κ1) is 16.6. The van der Waals surface area contributed by atoms with Crippen LogP contribution in [0.15, 0.2) is 24.3 Å². The highest BCUT2D eigenvalue weighted by atomic mass is 35.5. The zero-order valence-electron chi connectivity index (χ0n) is 10.6. The van der Waals surface area contributed by atoms with Crippen LogP contribution in [0.2, 0.25) is 0 Å². The van der Waals surface area contributed by atoms with Gasteiger partial charge in [-0.1, -0.05) is 6.07 Å². The lowest BCUT2D eigenvalue weighted by molar-refractivity contribution is -0.00000499. The van der Waals surface area contributed by atoms with Crippen LogP contribution in [-0.4, -0.2) is 26.2 Å². The Morgan fingerprint density at radius 2 is 1.94 bits per heavy atom. The highest BCUT2D eigenvalue weighted by Gasteiger charge is 2.29. The lowest BCUT2D eigenvalue weighted by Crippen LogP contribution is -3.00. The largest absolute Gasteiger partial charge is 1.00 e. The summed E-state index contributed by atoms with van der Waals surface area (Å²) in [6.07, 6.45) is 0. The molecule has 1 rings (SSSR count). The molecule has 1 aromatic rings. The maximum Gasteiger partial charge on any atom is 0.135 e. The summed E-state index contributed by atoms with van der Waals surface area (Å²) in [4.78, 5) is 2.74. The first-order valence-electron chi connectivity index (χ1n) is 5.24. The molecule has 0 heterocycles. The van der Waals surface area contributed by atoms with Gasteiger partial charge in [0.2, 0.25) is 0 Å². The first-order valence-corrected chi connectivity index (χ1v) is 5.62. The van der Waals surface area contributed by atoms with Crippen LogP contribution >= 0.6 is 11.8 Å². The van der Waals surface area contributed by atoms with Crippen molar-refractivity contribution in [2.75, 3.05) is 20.6 Å². The van der Waals surface area contributed by atoms with E-state index in [1.54, 1.807) is 12.1 Å². The van der Waals surface area contributed by atoms with Crippen molar-refractivity contribution in [2.24, 2.45) is 0 Å². The van der Waals surface area contributed by atoms with Crippen molar-refractivity contribution in [3.05, 3.63) is 30.1 Å². The van der Waals surface area contributed by atoms with E-state index in [-0.39, 0.29) is 23.8 Å². The van der Waals surface area contributed by atoms with E-state index in [4.69, 9.17) is 11.8 Å². The molecular formula is C12H19Cl2FN2. The van der Waals surface area contributed by atoms with Crippen molar-refractivity contribution in [3.8, 4) is 0 Å². The number of likely N-dealkylation sites (N-methyl/N-ethyl adjacent to an activating group) is 1. The number of quaternary nitrogens is 1. The molecule has 0 bridgehead atoms. The predicted molar refractivity (Wildman–Crippen MR) is 68.0 cm³/mol. The minimum atomic E-state index is -0.211. The van der Waals surface area contributed by atoms with Gasteiger partial charge in [0.05, 0.1) is 19.6 Å². The number of nitrogens with one attached hydrogen (secondary N) is 1. The number of benzene rings is 1. The van der Waals surface area contributed by atoms with E-state index in [1.165, 1.54) is 6.07 Å². The van der Waals surface area contributed by atoms with Crippen LogP contribution in [0.25, 0.3) is 0 Å². The summed E-state index contributed by atoms with van der Waals surface area (Å²) in [5.74, 6) is -0.208. The van der Waals surface area contributed by atoms with Gasteiger partial charge in [0.15, 0.2) is 0 Å². The number of rotatable bonds is 4. The molecule has 98 valence electrons. The van der Waals surface area contributed by atoms with E-state index in [9.17, 15) is 4.39 Å². The molecule has 0 spiro atoms. The van der Waals surface area contributed by atoms with E-state index >= 15 is 0 Å². The monoisotopic (exact) mass is 280 g/mol. The highest BCUT2D eigenvalue weighted by Crippen LogP contribution is 2.22. The molecule has 0 aliphatic heterocycles. The van der Waals surface area contributed by atoms with Gasteiger partial charge in [-0.05, 0) is 37.8 Å². The molecule has 0 atom stereocenters. The third-order valence-corrected chi connectivity index (χ3v) is 3.07. The summed E-state index contributed by atoms with van der Waals surface area (Å²) >= 11 is 5.68. The zero-order valence-corrected chi connectivity index (χ0v) is 12.1. The van der Waals surface area contributed by atoms with E-state index in [1.807, 2.05) is 34.0 Å². The molecule has 2 nitrogen and oxygen atoms in total. The van der Waals surface area contributed by atoms with E-state index in [0.29, 0.717) is 4.48 Å². The third-order valence-electron chi connectivity index (χ3n) is 2.55.